The minimum atomic E-state index is -0.660. The van der Waals surface area contributed by atoms with E-state index in [1.165, 1.54) is 0 Å². The maximum Gasteiger partial charge on any atom is 0.297 e. The first-order valence-electron chi connectivity index (χ1n) is 3.04. The zero-order chi connectivity index (χ0) is 7.72. The van der Waals surface area contributed by atoms with E-state index >= 15 is 0 Å². The van der Waals surface area contributed by atoms with E-state index < -0.39 is 11.7 Å². The van der Waals surface area contributed by atoms with Crippen molar-refractivity contribution in [3.05, 3.63) is 0 Å². The van der Waals surface area contributed by atoms with E-state index in [4.69, 9.17) is 0 Å². The molecule has 0 N–H and O–H groups in total. The highest BCUT2D eigenvalue weighted by atomic mass is 16.2. The lowest BCUT2D eigenvalue weighted by Gasteiger charge is -2.06. The van der Waals surface area contributed by atoms with Crippen LogP contribution in [0, 0.1) is 0 Å². The molecular weight excluding hydrogens is 134 g/mol. The zero-order valence-corrected chi connectivity index (χ0v) is 5.59. The summed E-state index contributed by atoms with van der Waals surface area (Å²) in [6.45, 7) is 1.96. The summed E-state index contributed by atoms with van der Waals surface area (Å²) in [6.07, 6.45) is -0.243. The molecule has 2 amide bonds. The molecule has 1 heterocycles. The van der Waals surface area contributed by atoms with Crippen LogP contribution in [0.2, 0.25) is 0 Å². The van der Waals surface area contributed by atoms with Gasteiger partial charge in [0.1, 0.15) is 0 Å². The lowest BCUT2D eigenvalue weighted by molar-refractivity contribution is -0.142. The van der Waals surface area contributed by atoms with Crippen LogP contribution in [0.4, 0.5) is 0 Å². The van der Waals surface area contributed by atoms with Gasteiger partial charge in [-0.1, -0.05) is 0 Å². The highest BCUT2D eigenvalue weighted by molar-refractivity contribution is 6.46. The standard InChI is InChI=1S/C6H7NO3/c1-2-7-5(9)3-4(8)6(7)10/h2-3H2,1H3. The average molecular weight is 141 g/mol. The first kappa shape index (κ1) is 6.92. The van der Waals surface area contributed by atoms with Crippen molar-refractivity contribution in [3.8, 4) is 0 Å². The second-order valence-electron chi connectivity index (χ2n) is 2.04. The Morgan fingerprint density at radius 2 is 2.00 bits per heavy atom. The van der Waals surface area contributed by atoms with Gasteiger partial charge in [0.05, 0.1) is 6.42 Å². The largest absolute Gasteiger partial charge is 0.297 e. The lowest BCUT2D eigenvalue weighted by Crippen LogP contribution is -2.30. The van der Waals surface area contributed by atoms with E-state index in [1.807, 2.05) is 0 Å². The van der Waals surface area contributed by atoms with Crippen LogP contribution in [-0.4, -0.2) is 29.0 Å². The van der Waals surface area contributed by atoms with E-state index in [0.717, 1.165) is 4.90 Å². The maximum absolute atomic E-state index is 10.7. The molecule has 0 radical (unpaired) electrons. The average Bonchev–Trinajstić information content (AvgIpc) is 2.09. The van der Waals surface area contributed by atoms with Crippen LogP contribution in [0.25, 0.3) is 0 Å². The SMILES string of the molecule is CCN1C(=O)CC(=O)C1=O. The number of ketones is 1. The zero-order valence-electron chi connectivity index (χ0n) is 5.59. The molecule has 1 fully saturated rings. The monoisotopic (exact) mass is 141 g/mol. The molecule has 4 nitrogen and oxygen atoms in total. The highest BCUT2D eigenvalue weighted by Crippen LogP contribution is 2.06. The summed E-state index contributed by atoms with van der Waals surface area (Å²) in [6, 6.07) is 0. The summed E-state index contributed by atoms with van der Waals surface area (Å²) in [7, 11) is 0. The van der Waals surface area contributed by atoms with Gasteiger partial charge in [0.2, 0.25) is 11.7 Å². The van der Waals surface area contributed by atoms with Crippen molar-refractivity contribution in [2.24, 2.45) is 0 Å². The molecular formula is C6H7NO3. The summed E-state index contributed by atoms with van der Waals surface area (Å²) in [5, 5.41) is 0. The number of carbonyl (C=O) groups excluding carboxylic acids is 3. The first-order chi connectivity index (χ1) is 4.66. The number of likely N-dealkylation sites (tertiary alicyclic amines) is 1. The molecule has 10 heavy (non-hydrogen) atoms. The number of nitrogens with zero attached hydrogens (tertiary/aromatic N) is 1. The molecule has 0 aromatic rings. The van der Waals surface area contributed by atoms with Crippen molar-refractivity contribution in [3.63, 3.8) is 0 Å². The number of carbonyl (C=O) groups is 3. The number of likely N-dealkylation sites (N-methyl/N-ethyl adjacent to an activating group) is 1. The van der Waals surface area contributed by atoms with Crippen LogP contribution < -0.4 is 0 Å². The topological polar surface area (TPSA) is 54.5 Å². The van der Waals surface area contributed by atoms with Crippen molar-refractivity contribution in [1.82, 2.24) is 4.90 Å². The van der Waals surface area contributed by atoms with Crippen LogP contribution in [0.5, 0.6) is 0 Å². The van der Waals surface area contributed by atoms with Crippen molar-refractivity contribution in [2.45, 2.75) is 13.3 Å². The van der Waals surface area contributed by atoms with Gasteiger partial charge in [-0.05, 0) is 6.92 Å². The molecule has 1 rings (SSSR count). The third-order valence-electron chi connectivity index (χ3n) is 1.41. The molecule has 1 saturated heterocycles. The minimum Gasteiger partial charge on any atom is -0.288 e. The number of amides is 2. The molecule has 0 spiro atoms. The Hall–Kier alpha value is -1.19. The fraction of sp³-hybridized carbons (Fsp3) is 0.500. The fourth-order valence-electron chi connectivity index (χ4n) is 0.892. The number of Topliss-reactive ketones (excluding diaryl/α,β-unsaturated/α-hetero) is 1. The van der Waals surface area contributed by atoms with Gasteiger partial charge in [-0.3, -0.25) is 19.3 Å². The van der Waals surface area contributed by atoms with Gasteiger partial charge >= 0.3 is 0 Å². The van der Waals surface area contributed by atoms with Gasteiger partial charge in [0.15, 0.2) is 0 Å². The van der Waals surface area contributed by atoms with Crippen LogP contribution in [-0.2, 0) is 14.4 Å². The molecule has 0 unspecified atom stereocenters. The highest BCUT2D eigenvalue weighted by Gasteiger charge is 2.35. The van der Waals surface area contributed by atoms with E-state index in [1.54, 1.807) is 6.92 Å². The Morgan fingerprint density at radius 3 is 2.20 bits per heavy atom. The second-order valence-corrected chi connectivity index (χ2v) is 2.04. The summed E-state index contributed by atoms with van der Waals surface area (Å²) >= 11 is 0. The number of hydrogen-bond acceptors (Lipinski definition) is 3. The van der Waals surface area contributed by atoms with Crippen molar-refractivity contribution < 1.29 is 14.4 Å². The molecule has 4 heteroatoms. The smallest absolute Gasteiger partial charge is 0.288 e. The van der Waals surface area contributed by atoms with Crippen LogP contribution >= 0.6 is 0 Å². The molecule has 0 bridgehead atoms. The Morgan fingerprint density at radius 1 is 1.40 bits per heavy atom. The fourth-order valence-corrected chi connectivity index (χ4v) is 0.892. The lowest BCUT2D eigenvalue weighted by atomic mass is 10.3. The molecule has 0 aromatic carbocycles. The Labute approximate surface area is 57.8 Å². The van der Waals surface area contributed by atoms with E-state index in [-0.39, 0.29) is 12.3 Å². The number of hydrogen-bond donors (Lipinski definition) is 0. The van der Waals surface area contributed by atoms with Crippen LogP contribution in [0.1, 0.15) is 13.3 Å². The predicted molar refractivity (Wildman–Crippen MR) is 32.0 cm³/mol. The van der Waals surface area contributed by atoms with Crippen LogP contribution in [0.3, 0.4) is 0 Å². The quantitative estimate of drug-likeness (QED) is 0.276. The van der Waals surface area contributed by atoms with Crippen molar-refractivity contribution in [2.75, 3.05) is 6.54 Å². The molecule has 0 saturated carbocycles. The van der Waals surface area contributed by atoms with E-state index in [2.05, 4.69) is 0 Å². The molecule has 1 aliphatic rings. The van der Waals surface area contributed by atoms with E-state index in [0.29, 0.717) is 6.54 Å². The van der Waals surface area contributed by atoms with Crippen molar-refractivity contribution in [1.29, 1.82) is 0 Å². The third kappa shape index (κ3) is 0.814. The van der Waals surface area contributed by atoms with E-state index in [9.17, 15) is 14.4 Å². The summed E-state index contributed by atoms with van der Waals surface area (Å²) < 4.78 is 0. The van der Waals surface area contributed by atoms with Gasteiger partial charge in [-0.25, -0.2) is 0 Å². The van der Waals surface area contributed by atoms with Gasteiger partial charge in [-0.2, -0.15) is 0 Å². The van der Waals surface area contributed by atoms with Crippen molar-refractivity contribution >= 4 is 17.6 Å². The summed E-state index contributed by atoms with van der Waals surface area (Å²) in [5.41, 5.74) is 0. The Kier molecular flexibility index (Phi) is 1.53. The minimum absolute atomic E-state index is 0.243. The Bertz CT molecular complexity index is 209. The molecule has 54 valence electrons. The molecule has 1 aliphatic heterocycles. The number of rotatable bonds is 1. The van der Waals surface area contributed by atoms with Crippen LogP contribution in [0.15, 0.2) is 0 Å². The Balaban J connectivity index is 2.84. The van der Waals surface area contributed by atoms with Gasteiger partial charge in [0.25, 0.3) is 5.91 Å². The maximum atomic E-state index is 10.7. The van der Waals surface area contributed by atoms with Gasteiger partial charge < -0.3 is 0 Å². The summed E-state index contributed by atoms with van der Waals surface area (Å²) in [4.78, 5) is 32.9. The first-order valence-corrected chi connectivity index (χ1v) is 3.04. The number of imide groups is 1. The van der Waals surface area contributed by atoms with Gasteiger partial charge in [0, 0.05) is 6.54 Å². The summed E-state index contributed by atoms with van der Waals surface area (Å²) in [5.74, 6) is -1.63. The van der Waals surface area contributed by atoms with Gasteiger partial charge in [-0.15, -0.1) is 0 Å². The molecule has 0 aliphatic carbocycles. The second kappa shape index (κ2) is 2.21. The normalized spacial score (nSPS) is 18.9. The molecule has 0 atom stereocenters. The molecule has 0 aromatic heterocycles. The predicted octanol–water partition coefficient (Wildman–Crippen LogP) is -0.666. The third-order valence-corrected chi connectivity index (χ3v) is 1.41.